The second-order valence-electron chi connectivity index (χ2n) is 6.20. The van der Waals surface area contributed by atoms with Gasteiger partial charge in [-0.05, 0) is 19.4 Å². The SMILES string of the molecule is CCN1C(=O)C(Nc2cc(OC)cc(OC)c2)=C(c2ccc(C)cc2)C1=O. The van der Waals surface area contributed by atoms with Gasteiger partial charge in [-0.25, -0.2) is 0 Å². The highest BCUT2D eigenvalue weighted by molar-refractivity contribution is 6.36. The van der Waals surface area contributed by atoms with Gasteiger partial charge in [0.05, 0.1) is 19.8 Å². The van der Waals surface area contributed by atoms with E-state index >= 15 is 0 Å². The van der Waals surface area contributed by atoms with Gasteiger partial charge in [0, 0.05) is 30.4 Å². The number of aryl methyl sites for hydroxylation is 1. The predicted octanol–water partition coefficient (Wildman–Crippen LogP) is 3.22. The molecule has 0 radical (unpaired) electrons. The van der Waals surface area contributed by atoms with Crippen molar-refractivity contribution in [3.63, 3.8) is 0 Å². The molecule has 27 heavy (non-hydrogen) atoms. The Kier molecular flexibility index (Phi) is 5.16. The first-order valence-corrected chi connectivity index (χ1v) is 8.66. The van der Waals surface area contributed by atoms with Crippen LogP contribution in [0.2, 0.25) is 0 Å². The summed E-state index contributed by atoms with van der Waals surface area (Å²) in [5, 5.41) is 3.11. The normalized spacial score (nSPS) is 14.0. The Balaban J connectivity index is 2.09. The Labute approximate surface area is 158 Å². The molecule has 1 heterocycles. The first-order valence-electron chi connectivity index (χ1n) is 8.66. The molecule has 1 N–H and O–H groups in total. The third-order valence-electron chi connectivity index (χ3n) is 4.45. The highest BCUT2D eigenvalue weighted by atomic mass is 16.5. The maximum Gasteiger partial charge on any atom is 0.278 e. The van der Waals surface area contributed by atoms with Crippen molar-refractivity contribution in [3.05, 3.63) is 59.3 Å². The molecule has 1 aliphatic rings. The van der Waals surface area contributed by atoms with Gasteiger partial charge >= 0.3 is 0 Å². The minimum atomic E-state index is -0.347. The van der Waals surface area contributed by atoms with E-state index in [4.69, 9.17) is 9.47 Å². The number of rotatable bonds is 6. The number of ether oxygens (including phenoxy) is 2. The molecular formula is C21H22N2O4. The molecule has 0 fully saturated rings. The van der Waals surface area contributed by atoms with E-state index in [1.807, 2.05) is 31.2 Å². The maximum absolute atomic E-state index is 12.8. The highest BCUT2D eigenvalue weighted by Gasteiger charge is 2.38. The Morgan fingerprint density at radius 3 is 2.04 bits per heavy atom. The molecule has 0 unspecified atom stereocenters. The van der Waals surface area contributed by atoms with Crippen LogP contribution in [0.15, 0.2) is 48.2 Å². The Bertz CT molecular complexity index is 894. The highest BCUT2D eigenvalue weighted by Crippen LogP contribution is 2.33. The van der Waals surface area contributed by atoms with Crippen molar-refractivity contribution in [1.82, 2.24) is 4.90 Å². The molecule has 2 aromatic carbocycles. The molecule has 0 aliphatic carbocycles. The number of imide groups is 1. The summed E-state index contributed by atoms with van der Waals surface area (Å²) in [6.45, 7) is 4.06. The van der Waals surface area contributed by atoms with Crippen molar-refractivity contribution in [2.45, 2.75) is 13.8 Å². The van der Waals surface area contributed by atoms with E-state index in [0.717, 1.165) is 5.56 Å². The summed E-state index contributed by atoms with van der Waals surface area (Å²) in [5.74, 6) is 0.514. The summed E-state index contributed by atoms with van der Waals surface area (Å²) >= 11 is 0. The zero-order valence-corrected chi connectivity index (χ0v) is 15.8. The van der Waals surface area contributed by atoms with Crippen molar-refractivity contribution in [1.29, 1.82) is 0 Å². The number of benzene rings is 2. The molecule has 0 atom stereocenters. The lowest BCUT2D eigenvalue weighted by Crippen LogP contribution is -2.32. The van der Waals surface area contributed by atoms with Crippen LogP contribution in [-0.2, 0) is 9.59 Å². The van der Waals surface area contributed by atoms with Crippen molar-refractivity contribution in [3.8, 4) is 11.5 Å². The summed E-state index contributed by atoms with van der Waals surface area (Å²) in [7, 11) is 3.11. The van der Waals surface area contributed by atoms with Crippen LogP contribution in [0.5, 0.6) is 11.5 Å². The summed E-state index contributed by atoms with van der Waals surface area (Å²) in [6.07, 6.45) is 0. The average molecular weight is 366 g/mol. The van der Waals surface area contributed by atoms with Crippen molar-refractivity contribution < 1.29 is 19.1 Å². The number of likely N-dealkylation sites (N-methyl/N-ethyl adjacent to an activating group) is 1. The Hall–Kier alpha value is -3.28. The molecule has 140 valence electrons. The van der Waals surface area contributed by atoms with Crippen LogP contribution < -0.4 is 14.8 Å². The largest absolute Gasteiger partial charge is 0.497 e. The molecule has 0 aromatic heterocycles. The quantitative estimate of drug-likeness (QED) is 0.795. The summed E-state index contributed by atoms with van der Waals surface area (Å²) in [6, 6.07) is 12.8. The fraction of sp³-hybridized carbons (Fsp3) is 0.238. The van der Waals surface area contributed by atoms with Gasteiger partial charge in [0.2, 0.25) is 0 Å². The lowest BCUT2D eigenvalue weighted by Gasteiger charge is -2.13. The molecule has 6 heteroatoms. The summed E-state index contributed by atoms with van der Waals surface area (Å²) in [5.41, 5.74) is 3.00. The standard InChI is InChI=1S/C21H22N2O4/c1-5-23-20(24)18(14-8-6-13(2)7-9-14)19(21(23)25)22-15-10-16(26-3)12-17(11-15)27-4/h6-12,22H,5H2,1-4H3. The lowest BCUT2D eigenvalue weighted by molar-refractivity contribution is -0.136. The lowest BCUT2D eigenvalue weighted by atomic mass is 10.0. The first kappa shape index (κ1) is 18.5. The molecule has 0 saturated carbocycles. The van der Waals surface area contributed by atoms with E-state index in [9.17, 15) is 9.59 Å². The molecule has 2 aromatic rings. The first-order chi connectivity index (χ1) is 13.0. The molecular weight excluding hydrogens is 344 g/mol. The summed E-state index contributed by atoms with van der Waals surface area (Å²) < 4.78 is 10.6. The number of carbonyl (C=O) groups is 2. The number of nitrogens with one attached hydrogen (secondary N) is 1. The zero-order valence-electron chi connectivity index (χ0n) is 15.8. The molecule has 2 amide bonds. The van der Waals surface area contributed by atoms with Gasteiger partial charge in [-0.15, -0.1) is 0 Å². The van der Waals surface area contributed by atoms with E-state index in [1.165, 1.54) is 4.90 Å². The minimum Gasteiger partial charge on any atom is -0.497 e. The average Bonchev–Trinajstić information content (AvgIpc) is 2.91. The second-order valence-corrected chi connectivity index (χ2v) is 6.20. The van der Waals surface area contributed by atoms with E-state index in [-0.39, 0.29) is 17.5 Å². The number of hydrogen-bond donors (Lipinski definition) is 1. The van der Waals surface area contributed by atoms with Crippen LogP contribution in [0.4, 0.5) is 5.69 Å². The van der Waals surface area contributed by atoms with Crippen LogP contribution >= 0.6 is 0 Å². The topological polar surface area (TPSA) is 67.9 Å². The van der Waals surface area contributed by atoms with E-state index in [1.54, 1.807) is 39.3 Å². The monoisotopic (exact) mass is 366 g/mol. The Morgan fingerprint density at radius 2 is 1.52 bits per heavy atom. The van der Waals surface area contributed by atoms with Gasteiger partial charge in [-0.1, -0.05) is 29.8 Å². The van der Waals surface area contributed by atoms with Gasteiger partial charge in [-0.3, -0.25) is 14.5 Å². The Morgan fingerprint density at radius 1 is 0.926 bits per heavy atom. The third kappa shape index (κ3) is 3.51. The van der Waals surface area contributed by atoms with Gasteiger partial charge in [0.25, 0.3) is 11.8 Å². The zero-order chi connectivity index (χ0) is 19.6. The van der Waals surface area contributed by atoms with Crippen molar-refractivity contribution in [2.75, 3.05) is 26.1 Å². The van der Waals surface area contributed by atoms with Crippen LogP contribution in [0.1, 0.15) is 18.1 Å². The van der Waals surface area contributed by atoms with Gasteiger partial charge in [-0.2, -0.15) is 0 Å². The number of hydrogen-bond acceptors (Lipinski definition) is 5. The molecule has 1 aliphatic heterocycles. The molecule has 0 spiro atoms. The fourth-order valence-electron chi connectivity index (χ4n) is 2.99. The molecule has 6 nitrogen and oxygen atoms in total. The number of methoxy groups -OCH3 is 2. The minimum absolute atomic E-state index is 0.251. The second kappa shape index (κ2) is 7.53. The van der Waals surface area contributed by atoms with Gasteiger partial charge in [0.15, 0.2) is 0 Å². The van der Waals surface area contributed by atoms with Gasteiger partial charge < -0.3 is 14.8 Å². The van der Waals surface area contributed by atoms with E-state index < -0.39 is 0 Å². The molecule has 0 bridgehead atoms. The molecule has 3 rings (SSSR count). The number of nitrogens with zero attached hydrogens (tertiary/aromatic N) is 1. The van der Waals surface area contributed by atoms with E-state index in [0.29, 0.717) is 34.9 Å². The summed E-state index contributed by atoms with van der Waals surface area (Å²) in [4.78, 5) is 26.9. The smallest absolute Gasteiger partial charge is 0.278 e. The third-order valence-corrected chi connectivity index (χ3v) is 4.45. The van der Waals surface area contributed by atoms with E-state index in [2.05, 4.69) is 5.32 Å². The predicted molar refractivity (Wildman–Crippen MR) is 104 cm³/mol. The van der Waals surface area contributed by atoms with Crippen LogP contribution in [-0.4, -0.2) is 37.5 Å². The van der Waals surface area contributed by atoms with Crippen molar-refractivity contribution >= 4 is 23.1 Å². The number of carbonyl (C=O) groups excluding carboxylic acids is 2. The van der Waals surface area contributed by atoms with Gasteiger partial charge in [0.1, 0.15) is 17.2 Å². The number of amides is 2. The van der Waals surface area contributed by atoms with Crippen molar-refractivity contribution in [2.24, 2.45) is 0 Å². The fourth-order valence-corrected chi connectivity index (χ4v) is 2.99. The molecule has 0 saturated heterocycles. The maximum atomic E-state index is 12.8. The van der Waals surface area contributed by atoms with Crippen LogP contribution in [0, 0.1) is 6.92 Å². The van der Waals surface area contributed by atoms with Crippen LogP contribution in [0.3, 0.4) is 0 Å². The van der Waals surface area contributed by atoms with Crippen LogP contribution in [0.25, 0.3) is 5.57 Å². The number of anilines is 1.